The highest BCUT2D eigenvalue weighted by atomic mass is 35.5. The van der Waals surface area contributed by atoms with Gasteiger partial charge in [-0.25, -0.2) is 0 Å². The van der Waals surface area contributed by atoms with Crippen molar-refractivity contribution in [3.8, 4) is 0 Å². The minimum absolute atomic E-state index is 0.000481. The van der Waals surface area contributed by atoms with Gasteiger partial charge >= 0.3 is 0 Å². The second-order valence-electron chi connectivity index (χ2n) is 4.89. The van der Waals surface area contributed by atoms with Crippen LogP contribution >= 0.6 is 11.6 Å². The van der Waals surface area contributed by atoms with Gasteiger partial charge in [0.15, 0.2) is 4.87 Å². The topological polar surface area (TPSA) is 86.2 Å². The quantitative estimate of drug-likeness (QED) is 0.824. The largest absolute Gasteiger partial charge is 0.368 e. The molecule has 2 unspecified atom stereocenters. The summed E-state index contributed by atoms with van der Waals surface area (Å²) in [6.07, 6.45) is 4.86. The number of halogens is 1. The van der Waals surface area contributed by atoms with Crippen molar-refractivity contribution in [2.45, 2.75) is 17.2 Å². The van der Waals surface area contributed by atoms with Gasteiger partial charge in [-0.15, -0.1) is 11.6 Å². The predicted octanol–water partition coefficient (Wildman–Crippen LogP) is 1.39. The van der Waals surface area contributed by atoms with Crippen LogP contribution in [-0.4, -0.2) is 16.7 Å². The molecule has 0 spiro atoms. The number of hydrogen-bond donors (Lipinski definition) is 2. The number of allylic oxidation sites excluding steroid dienone is 3. The van der Waals surface area contributed by atoms with Gasteiger partial charge in [-0.2, -0.15) is 0 Å². The van der Waals surface area contributed by atoms with Crippen molar-refractivity contribution in [3.05, 3.63) is 59.7 Å². The van der Waals surface area contributed by atoms with Crippen LogP contribution < -0.4 is 11.5 Å². The van der Waals surface area contributed by atoms with Crippen LogP contribution in [0, 0.1) is 0 Å². The molecule has 0 aliphatic heterocycles. The number of carbonyl (C=O) groups excluding carboxylic acids is 2. The molecule has 4 nitrogen and oxygen atoms in total. The molecular formula is C15H15ClN2O2. The van der Waals surface area contributed by atoms with Crippen molar-refractivity contribution >= 4 is 23.4 Å². The fourth-order valence-electron chi connectivity index (χ4n) is 2.57. The lowest BCUT2D eigenvalue weighted by Gasteiger charge is -2.43. The van der Waals surface area contributed by atoms with Gasteiger partial charge in [-0.3, -0.25) is 9.59 Å². The molecule has 0 fully saturated rings. The number of amides is 2. The molecule has 1 aliphatic carbocycles. The van der Waals surface area contributed by atoms with Crippen molar-refractivity contribution in [1.82, 2.24) is 0 Å². The first kappa shape index (κ1) is 14.3. The second-order valence-corrected chi connectivity index (χ2v) is 5.46. The van der Waals surface area contributed by atoms with E-state index in [1.54, 1.807) is 19.1 Å². The molecule has 2 amide bonds. The van der Waals surface area contributed by atoms with Gasteiger partial charge in [-0.05, 0) is 12.5 Å². The first-order valence-electron chi connectivity index (χ1n) is 6.08. The minimum Gasteiger partial charge on any atom is -0.368 e. The molecule has 0 heterocycles. The maximum atomic E-state index is 12.0. The lowest BCUT2D eigenvalue weighted by molar-refractivity contribution is -0.123. The molecule has 0 saturated carbocycles. The zero-order chi connectivity index (χ0) is 15.0. The summed E-state index contributed by atoms with van der Waals surface area (Å²) in [4.78, 5) is 21.9. The van der Waals surface area contributed by atoms with E-state index in [9.17, 15) is 9.59 Å². The summed E-state index contributed by atoms with van der Waals surface area (Å²) in [7, 11) is 0. The first-order valence-corrected chi connectivity index (χ1v) is 6.46. The van der Waals surface area contributed by atoms with Gasteiger partial charge in [0.2, 0.25) is 11.8 Å². The number of nitrogens with two attached hydrogens (primary N) is 2. The summed E-state index contributed by atoms with van der Waals surface area (Å²) in [5.41, 5.74) is 10.7. The smallest absolute Gasteiger partial charge is 0.247 e. The Hall–Kier alpha value is -2.07. The molecule has 1 aromatic rings. The van der Waals surface area contributed by atoms with E-state index < -0.39 is 22.1 Å². The molecule has 104 valence electrons. The molecule has 0 aromatic heterocycles. The third kappa shape index (κ3) is 1.84. The Bertz CT molecular complexity index is 624. The SMILES string of the molecule is CC1(c2ccccc2)C=CC=C(C(N)=O)C1(Cl)C(N)=O. The summed E-state index contributed by atoms with van der Waals surface area (Å²) >= 11 is 6.52. The monoisotopic (exact) mass is 290 g/mol. The van der Waals surface area contributed by atoms with E-state index in [1.807, 2.05) is 30.3 Å². The van der Waals surface area contributed by atoms with Crippen molar-refractivity contribution in [2.75, 3.05) is 0 Å². The van der Waals surface area contributed by atoms with Crippen LogP contribution in [-0.2, 0) is 15.0 Å². The van der Waals surface area contributed by atoms with Gasteiger partial charge in [0.05, 0.1) is 0 Å². The van der Waals surface area contributed by atoms with E-state index in [1.165, 1.54) is 6.08 Å². The van der Waals surface area contributed by atoms with Crippen molar-refractivity contribution in [3.63, 3.8) is 0 Å². The number of hydrogen-bond acceptors (Lipinski definition) is 2. The van der Waals surface area contributed by atoms with E-state index in [4.69, 9.17) is 23.1 Å². The van der Waals surface area contributed by atoms with E-state index >= 15 is 0 Å². The fraction of sp³-hybridized carbons (Fsp3) is 0.200. The average Bonchev–Trinajstić information content (AvgIpc) is 2.42. The number of benzene rings is 1. The summed E-state index contributed by atoms with van der Waals surface area (Å²) < 4.78 is 0. The zero-order valence-electron chi connectivity index (χ0n) is 11.0. The number of carbonyl (C=O) groups is 2. The van der Waals surface area contributed by atoms with E-state index in [0.717, 1.165) is 5.56 Å². The summed E-state index contributed by atoms with van der Waals surface area (Å²) in [5, 5.41) is 0. The molecule has 1 aliphatic rings. The highest BCUT2D eigenvalue weighted by Crippen LogP contribution is 2.48. The van der Waals surface area contributed by atoms with Gasteiger partial charge in [0.1, 0.15) is 0 Å². The Morgan fingerprint density at radius 3 is 2.25 bits per heavy atom. The molecule has 2 rings (SSSR count). The third-order valence-electron chi connectivity index (χ3n) is 3.76. The predicted molar refractivity (Wildman–Crippen MR) is 78.0 cm³/mol. The molecule has 0 radical (unpaired) electrons. The normalized spacial score (nSPS) is 28.8. The Morgan fingerprint density at radius 2 is 1.75 bits per heavy atom. The van der Waals surface area contributed by atoms with Gasteiger partial charge < -0.3 is 11.5 Å². The summed E-state index contributed by atoms with van der Waals surface area (Å²) in [6, 6.07) is 9.16. The third-order valence-corrected chi connectivity index (χ3v) is 4.54. The van der Waals surface area contributed by atoms with E-state index in [0.29, 0.717) is 0 Å². The van der Waals surface area contributed by atoms with Crippen molar-refractivity contribution < 1.29 is 9.59 Å². The molecule has 5 heteroatoms. The van der Waals surface area contributed by atoms with Gasteiger partial charge in [0, 0.05) is 11.0 Å². The van der Waals surface area contributed by atoms with Crippen LogP contribution in [0.25, 0.3) is 0 Å². The van der Waals surface area contributed by atoms with Crippen LogP contribution in [0.1, 0.15) is 12.5 Å². The van der Waals surface area contributed by atoms with Crippen LogP contribution in [0.4, 0.5) is 0 Å². The van der Waals surface area contributed by atoms with Crippen LogP contribution in [0.5, 0.6) is 0 Å². The van der Waals surface area contributed by atoms with Crippen molar-refractivity contribution in [2.24, 2.45) is 11.5 Å². The molecular weight excluding hydrogens is 276 g/mol. The first-order chi connectivity index (χ1) is 9.34. The minimum atomic E-state index is -1.71. The Kier molecular flexibility index (Phi) is 3.44. The number of primary amides is 2. The zero-order valence-corrected chi connectivity index (χ0v) is 11.7. The molecule has 0 bridgehead atoms. The summed E-state index contributed by atoms with van der Waals surface area (Å²) in [5.74, 6) is -1.56. The maximum Gasteiger partial charge on any atom is 0.247 e. The van der Waals surface area contributed by atoms with E-state index in [2.05, 4.69) is 0 Å². The lowest BCUT2D eigenvalue weighted by atomic mass is 9.65. The van der Waals surface area contributed by atoms with Crippen LogP contribution in [0.3, 0.4) is 0 Å². The van der Waals surface area contributed by atoms with E-state index in [-0.39, 0.29) is 5.57 Å². The standard InChI is InChI=1S/C15H15ClN2O2/c1-14(10-6-3-2-4-7-10)9-5-8-11(12(17)19)15(14,16)13(18)20/h2-9H,1H3,(H2,17,19)(H2,18,20). The molecule has 4 N–H and O–H groups in total. The summed E-state index contributed by atoms with van der Waals surface area (Å²) in [6.45, 7) is 1.76. The number of rotatable bonds is 3. The Labute approximate surface area is 122 Å². The maximum absolute atomic E-state index is 12.0. The molecule has 0 saturated heterocycles. The number of alkyl halides is 1. The fourth-order valence-corrected chi connectivity index (χ4v) is 2.89. The highest BCUT2D eigenvalue weighted by Gasteiger charge is 2.56. The lowest BCUT2D eigenvalue weighted by Crippen LogP contribution is -2.57. The Balaban J connectivity index is 2.71. The molecule has 2 atom stereocenters. The average molecular weight is 291 g/mol. The molecule has 20 heavy (non-hydrogen) atoms. The van der Waals surface area contributed by atoms with Gasteiger partial charge in [-0.1, -0.05) is 48.6 Å². The van der Waals surface area contributed by atoms with Gasteiger partial charge in [0.25, 0.3) is 0 Å². The van der Waals surface area contributed by atoms with Crippen LogP contribution in [0.2, 0.25) is 0 Å². The van der Waals surface area contributed by atoms with Crippen LogP contribution in [0.15, 0.2) is 54.1 Å². The second kappa shape index (κ2) is 4.80. The molecule has 1 aromatic carbocycles. The van der Waals surface area contributed by atoms with Crippen molar-refractivity contribution in [1.29, 1.82) is 0 Å². The Morgan fingerprint density at radius 1 is 1.15 bits per heavy atom. The highest BCUT2D eigenvalue weighted by molar-refractivity contribution is 6.41.